The van der Waals surface area contributed by atoms with Crippen molar-refractivity contribution in [3.63, 3.8) is 0 Å². The molecule has 4 nitrogen and oxygen atoms in total. The van der Waals surface area contributed by atoms with Gasteiger partial charge in [-0.25, -0.2) is 0 Å². The van der Waals surface area contributed by atoms with Crippen molar-refractivity contribution in [3.05, 3.63) is 65.7 Å². The van der Waals surface area contributed by atoms with Gasteiger partial charge in [-0.2, -0.15) is 0 Å². The molecule has 0 radical (unpaired) electrons. The Kier molecular flexibility index (Phi) is 4.50. The van der Waals surface area contributed by atoms with Crippen LogP contribution in [0.5, 0.6) is 5.75 Å². The zero-order valence-electron chi connectivity index (χ0n) is 14.3. The number of benzene rings is 2. The topological polar surface area (TPSA) is 47.9 Å². The van der Waals surface area contributed by atoms with Crippen LogP contribution in [0.25, 0.3) is 0 Å². The minimum Gasteiger partial charge on any atom is -0.489 e. The summed E-state index contributed by atoms with van der Waals surface area (Å²) in [4.78, 5) is 0. The molecule has 1 aliphatic carbocycles. The SMILES string of the molecule is OC1(c2ccc(OCc3ccccc3)cc2)CCC2(CC1)OCCO2. The molecule has 2 aromatic rings. The fourth-order valence-electron chi connectivity index (χ4n) is 3.72. The van der Waals surface area contributed by atoms with Crippen molar-refractivity contribution < 1.29 is 19.3 Å². The zero-order valence-corrected chi connectivity index (χ0v) is 14.3. The van der Waals surface area contributed by atoms with E-state index < -0.39 is 11.4 Å². The molecule has 1 N–H and O–H groups in total. The first-order chi connectivity index (χ1) is 12.2. The molecule has 0 amide bonds. The van der Waals surface area contributed by atoms with E-state index in [0.717, 1.165) is 29.7 Å². The van der Waals surface area contributed by atoms with Gasteiger partial charge in [0, 0.05) is 12.8 Å². The number of rotatable bonds is 4. The largest absolute Gasteiger partial charge is 0.489 e. The monoisotopic (exact) mass is 340 g/mol. The average molecular weight is 340 g/mol. The van der Waals surface area contributed by atoms with Gasteiger partial charge >= 0.3 is 0 Å². The Morgan fingerprint density at radius 1 is 0.840 bits per heavy atom. The lowest BCUT2D eigenvalue weighted by molar-refractivity contribution is -0.204. The van der Waals surface area contributed by atoms with Crippen molar-refractivity contribution in [2.75, 3.05) is 13.2 Å². The highest BCUT2D eigenvalue weighted by Gasteiger charge is 2.46. The van der Waals surface area contributed by atoms with E-state index in [0.29, 0.717) is 32.7 Å². The smallest absolute Gasteiger partial charge is 0.168 e. The molecule has 0 atom stereocenters. The standard InChI is InChI=1S/C21H24O4/c22-20(10-12-21(13-11-20)24-14-15-25-21)18-6-8-19(9-7-18)23-16-17-4-2-1-3-5-17/h1-9,22H,10-16H2. The molecule has 2 aromatic carbocycles. The number of hydrogen-bond acceptors (Lipinski definition) is 4. The van der Waals surface area contributed by atoms with Crippen molar-refractivity contribution in [2.45, 2.75) is 43.7 Å². The highest BCUT2D eigenvalue weighted by atomic mass is 16.7. The van der Waals surface area contributed by atoms with E-state index in [1.54, 1.807) is 0 Å². The predicted molar refractivity (Wildman–Crippen MR) is 94.2 cm³/mol. The van der Waals surface area contributed by atoms with Crippen LogP contribution in [0.15, 0.2) is 54.6 Å². The Hall–Kier alpha value is -1.88. The van der Waals surface area contributed by atoms with Gasteiger partial charge in [-0.05, 0) is 36.1 Å². The molecule has 0 bridgehead atoms. The lowest BCUT2D eigenvalue weighted by Crippen LogP contribution is -2.42. The van der Waals surface area contributed by atoms with Crippen LogP contribution in [0.4, 0.5) is 0 Å². The molecule has 132 valence electrons. The maximum absolute atomic E-state index is 11.0. The first kappa shape index (κ1) is 16.6. The Labute approximate surface area is 148 Å². The molecule has 25 heavy (non-hydrogen) atoms. The molecular weight excluding hydrogens is 316 g/mol. The van der Waals surface area contributed by atoms with Gasteiger partial charge < -0.3 is 19.3 Å². The number of hydrogen-bond donors (Lipinski definition) is 1. The van der Waals surface area contributed by atoms with Crippen LogP contribution in [-0.4, -0.2) is 24.1 Å². The molecule has 0 aromatic heterocycles. The first-order valence-electron chi connectivity index (χ1n) is 8.95. The van der Waals surface area contributed by atoms with E-state index in [-0.39, 0.29) is 0 Å². The Balaban J connectivity index is 1.38. The molecule has 1 heterocycles. The second-order valence-corrected chi connectivity index (χ2v) is 6.94. The summed E-state index contributed by atoms with van der Waals surface area (Å²) in [5.74, 6) is 0.358. The summed E-state index contributed by atoms with van der Waals surface area (Å²) in [6, 6.07) is 17.9. The van der Waals surface area contributed by atoms with E-state index in [9.17, 15) is 5.11 Å². The quantitative estimate of drug-likeness (QED) is 0.920. The Bertz CT molecular complexity index is 680. The lowest BCUT2D eigenvalue weighted by atomic mass is 9.77. The van der Waals surface area contributed by atoms with E-state index in [4.69, 9.17) is 14.2 Å². The van der Waals surface area contributed by atoms with E-state index in [1.165, 1.54) is 0 Å². The van der Waals surface area contributed by atoms with Crippen LogP contribution in [-0.2, 0) is 21.7 Å². The van der Waals surface area contributed by atoms with Gasteiger partial charge in [0.05, 0.1) is 18.8 Å². The summed E-state index contributed by atoms with van der Waals surface area (Å²) in [6.45, 7) is 1.86. The third kappa shape index (κ3) is 3.56. The maximum Gasteiger partial charge on any atom is 0.168 e. The number of aliphatic hydroxyl groups is 1. The zero-order chi connectivity index (χ0) is 17.2. The van der Waals surface area contributed by atoms with Crippen molar-refractivity contribution >= 4 is 0 Å². The third-order valence-corrected chi connectivity index (χ3v) is 5.29. The van der Waals surface area contributed by atoms with Gasteiger partial charge in [0.25, 0.3) is 0 Å². The van der Waals surface area contributed by atoms with Crippen molar-refractivity contribution in [1.29, 1.82) is 0 Å². The molecule has 0 unspecified atom stereocenters. The summed E-state index contributed by atoms with van der Waals surface area (Å²) < 4.78 is 17.3. The fraction of sp³-hybridized carbons (Fsp3) is 0.429. The summed E-state index contributed by atoms with van der Waals surface area (Å²) in [5, 5.41) is 11.0. The van der Waals surface area contributed by atoms with Crippen LogP contribution in [0, 0.1) is 0 Å². The van der Waals surface area contributed by atoms with E-state index >= 15 is 0 Å². The lowest BCUT2D eigenvalue weighted by Gasteiger charge is -2.40. The van der Waals surface area contributed by atoms with Gasteiger partial charge in [0.1, 0.15) is 12.4 Å². The normalized spacial score (nSPS) is 21.3. The Morgan fingerprint density at radius 2 is 1.48 bits per heavy atom. The molecule has 1 spiro atoms. The van der Waals surface area contributed by atoms with Gasteiger partial charge in [-0.3, -0.25) is 0 Å². The molecule has 1 saturated heterocycles. The average Bonchev–Trinajstić information content (AvgIpc) is 3.13. The van der Waals surface area contributed by atoms with Crippen molar-refractivity contribution in [3.8, 4) is 5.75 Å². The van der Waals surface area contributed by atoms with Gasteiger partial charge in [0.2, 0.25) is 0 Å². The first-order valence-corrected chi connectivity index (χ1v) is 8.95. The summed E-state index contributed by atoms with van der Waals surface area (Å²) in [5.41, 5.74) is 1.27. The number of ether oxygens (including phenoxy) is 3. The molecular formula is C21H24O4. The van der Waals surface area contributed by atoms with Crippen LogP contribution >= 0.6 is 0 Å². The molecule has 2 aliphatic rings. The minimum atomic E-state index is -0.807. The summed E-state index contributed by atoms with van der Waals surface area (Å²) >= 11 is 0. The molecule has 4 heteroatoms. The predicted octanol–water partition coefficient (Wildman–Crippen LogP) is 3.77. The third-order valence-electron chi connectivity index (χ3n) is 5.29. The molecule has 2 fully saturated rings. The van der Waals surface area contributed by atoms with Gasteiger partial charge in [-0.1, -0.05) is 42.5 Å². The van der Waals surface area contributed by atoms with E-state index in [1.807, 2.05) is 54.6 Å². The second-order valence-electron chi connectivity index (χ2n) is 6.94. The van der Waals surface area contributed by atoms with Crippen LogP contribution in [0.3, 0.4) is 0 Å². The highest BCUT2D eigenvalue weighted by molar-refractivity contribution is 5.31. The molecule has 1 saturated carbocycles. The summed E-state index contributed by atoms with van der Waals surface area (Å²) in [6.07, 6.45) is 2.76. The van der Waals surface area contributed by atoms with Crippen molar-refractivity contribution in [1.82, 2.24) is 0 Å². The van der Waals surface area contributed by atoms with E-state index in [2.05, 4.69) is 0 Å². The molecule has 1 aliphatic heterocycles. The van der Waals surface area contributed by atoms with Crippen molar-refractivity contribution in [2.24, 2.45) is 0 Å². The van der Waals surface area contributed by atoms with Crippen LogP contribution in [0.1, 0.15) is 36.8 Å². The molecule has 4 rings (SSSR count). The maximum atomic E-state index is 11.0. The summed E-state index contributed by atoms with van der Waals surface area (Å²) in [7, 11) is 0. The van der Waals surface area contributed by atoms with Gasteiger partial charge in [0.15, 0.2) is 5.79 Å². The minimum absolute atomic E-state index is 0.453. The Morgan fingerprint density at radius 3 is 2.12 bits per heavy atom. The second kappa shape index (κ2) is 6.79. The fourth-order valence-corrected chi connectivity index (χ4v) is 3.72. The van der Waals surface area contributed by atoms with Crippen LogP contribution < -0.4 is 4.74 Å². The van der Waals surface area contributed by atoms with Crippen LogP contribution in [0.2, 0.25) is 0 Å². The van der Waals surface area contributed by atoms with Gasteiger partial charge in [-0.15, -0.1) is 0 Å². The highest BCUT2D eigenvalue weighted by Crippen LogP contribution is 2.45.